The Morgan fingerprint density at radius 1 is 1.33 bits per heavy atom. The molecule has 0 bridgehead atoms. The van der Waals surface area contributed by atoms with Crippen LogP contribution in [-0.4, -0.2) is 34.0 Å². The summed E-state index contributed by atoms with van der Waals surface area (Å²) in [7, 11) is 0. The Labute approximate surface area is 158 Å². The van der Waals surface area contributed by atoms with E-state index in [1.54, 1.807) is 11.3 Å². The predicted molar refractivity (Wildman–Crippen MR) is 105 cm³/mol. The summed E-state index contributed by atoms with van der Waals surface area (Å²) in [6.07, 6.45) is 2.84. The summed E-state index contributed by atoms with van der Waals surface area (Å²) in [5.74, 6) is 0.285. The molecule has 4 nitrogen and oxygen atoms in total. The Morgan fingerprint density at radius 2 is 2.17 bits per heavy atom. The number of nitrogens with one attached hydrogen (secondary N) is 1. The second-order valence-corrected chi connectivity index (χ2v) is 8.09. The Balaban J connectivity index is 1.60. The molecule has 24 heavy (non-hydrogen) atoms. The lowest BCUT2D eigenvalue weighted by Gasteiger charge is -2.25. The smallest absolute Gasteiger partial charge is 0.158 e. The van der Waals surface area contributed by atoms with Gasteiger partial charge in [0, 0.05) is 11.8 Å². The molecule has 124 valence electrons. The van der Waals surface area contributed by atoms with Gasteiger partial charge in [0.15, 0.2) is 5.78 Å². The number of nitrogens with zero attached hydrogens (tertiary/aromatic N) is 2. The van der Waals surface area contributed by atoms with Gasteiger partial charge in [0.05, 0.1) is 11.6 Å². The first-order chi connectivity index (χ1) is 11.7. The van der Waals surface area contributed by atoms with Gasteiger partial charge in [-0.05, 0) is 88.6 Å². The van der Waals surface area contributed by atoms with Gasteiger partial charge in [-0.3, -0.25) is 14.8 Å². The summed E-state index contributed by atoms with van der Waals surface area (Å²) in [5, 5.41) is 12.5. The molecule has 2 aromatic heterocycles. The third-order valence-corrected chi connectivity index (χ3v) is 6.14. The van der Waals surface area contributed by atoms with Crippen molar-refractivity contribution in [2.45, 2.75) is 25.3 Å². The molecule has 1 atom stereocenters. The molecule has 1 unspecified atom stereocenters. The standard InChI is InChI=1S/C18H18IN3OS/c19-18-14-9-12(3-4-15(14)20-21-18)10-16(23)17(13-5-8-24-11-13)22-6-1-2-7-22/h3-5,8-9,11,17H,1-2,6-7,10H2,(H,20,21). The lowest BCUT2D eigenvalue weighted by molar-refractivity contribution is -0.123. The number of carbonyl (C=O) groups is 1. The maximum absolute atomic E-state index is 13.1. The third kappa shape index (κ3) is 3.14. The van der Waals surface area contributed by atoms with Crippen LogP contribution in [0.25, 0.3) is 10.9 Å². The van der Waals surface area contributed by atoms with Crippen molar-refractivity contribution in [3.05, 3.63) is 49.9 Å². The fourth-order valence-electron chi connectivity index (χ4n) is 3.46. The van der Waals surface area contributed by atoms with Crippen molar-refractivity contribution in [1.29, 1.82) is 0 Å². The summed E-state index contributed by atoms with van der Waals surface area (Å²) in [6, 6.07) is 8.09. The maximum atomic E-state index is 13.1. The number of fused-ring (bicyclic) bond motifs is 1. The van der Waals surface area contributed by atoms with Crippen LogP contribution >= 0.6 is 33.9 Å². The average Bonchev–Trinajstić information content (AvgIpc) is 3.32. The van der Waals surface area contributed by atoms with Crippen molar-refractivity contribution in [2.75, 3.05) is 13.1 Å². The molecule has 0 aliphatic carbocycles. The van der Waals surface area contributed by atoms with Crippen LogP contribution in [0, 0.1) is 3.70 Å². The van der Waals surface area contributed by atoms with E-state index in [-0.39, 0.29) is 11.8 Å². The Bertz CT molecular complexity index is 852. The van der Waals surface area contributed by atoms with Crippen molar-refractivity contribution in [3.63, 3.8) is 0 Å². The summed E-state index contributed by atoms with van der Waals surface area (Å²) in [5.41, 5.74) is 3.15. The van der Waals surface area contributed by atoms with E-state index < -0.39 is 0 Å². The quantitative estimate of drug-likeness (QED) is 0.593. The van der Waals surface area contributed by atoms with E-state index in [9.17, 15) is 4.79 Å². The van der Waals surface area contributed by atoms with Crippen molar-refractivity contribution < 1.29 is 4.79 Å². The molecule has 1 aliphatic rings. The fraction of sp³-hybridized carbons (Fsp3) is 0.333. The van der Waals surface area contributed by atoms with Gasteiger partial charge >= 0.3 is 0 Å². The zero-order valence-corrected chi connectivity index (χ0v) is 16.1. The lowest BCUT2D eigenvalue weighted by atomic mass is 9.98. The first kappa shape index (κ1) is 16.2. The molecule has 0 spiro atoms. The van der Waals surface area contributed by atoms with Crippen molar-refractivity contribution in [2.24, 2.45) is 0 Å². The second kappa shape index (κ2) is 6.93. The number of thiophene rings is 1. The number of H-pyrrole nitrogens is 1. The van der Waals surface area contributed by atoms with Crippen LogP contribution in [-0.2, 0) is 11.2 Å². The molecule has 0 saturated carbocycles. The highest BCUT2D eigenvalue weighted by molar-refractivity contribution is 14.1. The molecule has 0 radical (unpaired) electrons. The molecule has 4 rings (SSSR count). The van der Waals surface area contributed by atoms with Gasteiger partial charge in [-0.25, -0.2) is 0 Å². The van der Waals surface area contributed by atoms with E-state index >= 15 is 0 Å². The number of rotatable bonds is 5. The number of aromatic amines is 1. The zero-order chi connectivity index (χ0) is 16.5. The fourth-order valence-corrected chi connectivity index (χ4v) is 4.70. The molecule has 0 amide bonds. The van der Waals surface area contributed by atoms with E-state index in [2.05, 4.69) is 60.6 Å². The number of hydrogen-bond donors (Lipinski definition) is 1. The molecular weight excluding hydrogens is 433 g/mol. The van der Waals surface area contributed by atoms with Crippen LogP contribution in [0.5, 0.6) is 0 Å². The molecule has 1 aromatic carbocycles. The van der Waals surface area contributed by atoms with Crippen LogP contribution in [0.4, 0.5) is 0 Å². The lowest BCUT2D eigenvalue weighted by Crippen LogP contribution is -2.32. The summed E-state index contributed by atoms with van der Waals surface area (Å²) in [4.78, 5) is 15.4. The molecule has 1 fully saturated rings. The molecule has 1 N–H and O–H groups in total. The number of aromatic nitrogens is 2. The predicted octanol–water partition coefficient (Wildman–Crippen LogP) is 4.18. The molecule has 6 heteroatoms. The van der Waals surface area contributed by atoms with Crippen LogP contribution in [0.15, 0.2) is 35.0 Å². The van der Waals surface area contributed by atoms with Crippen LogP contribution in [0.3, 0.4) is 0 Å². The third-order valence-electron chi connectivity index (χ3n) is 4.62. The minimum absolute atomic E-state index is 0.0992. The Morgan fingerprint density at radius 3 is 2.92 bits per heavy atom. The Kier molecular flexibility index (Phi) is 4.69. The van der Waals surface area contributed by atoms with E-state index in [4.69, 9.17) is 0 Å². The number of ketones is 1. The first-order valence-electron chi connectivity index (χ1n) is 8.14. The summed E-state index contributed by atoms with van der Waals surface area (Å²) < 4.78 is 1.02. The van der Waals surface area contributed by atoms with Crippen molar-refractivity contribution >= 4 is 50.6 Å². The van der Waals surface area contributed by atoms with E-state index in [1.807, 2.05) is 12.1 Å². The number of carbonyl (C=O) groups excluding carboxylic acids is 1. The van der Waals surface area contributed by atoms with Gasteiger partial charge in [-0.1, -0.05) is 6.07 Å². The van der Waals surface area contributed by atoms with Crippen LogP contribution in [0.1, 0.15) is 30.0 Å². The van der Waals surface area contributed by atoms with Gasteiger partial charge < -0.3 is 0 Å². The normalized spacial score (nSPS) is 16.7. The molecule has 1 aliphatic heterocycles. The summed E-state index contributed by atoms with van der Waals surface area (Å²) in [6.45, 7) is 2.04. The number of hydrogen-bond acceptors (Lipinski definition) is 4. The van der Waals surface area contributed by atoms with Crippen molar-refractivity contribution in [3.8, 4) is 0 Å². The van der Waals surface area contributed by atoms with E-state index in [1.165, 1.54) is 12.8 Å². The van der Waals surface area contributed by atoms with Gasteiger partial charge in [0.1, 0.15) is 3.70 Å². The number of likely N-dealkylation sites (tertiary alicyclic amines) is 1. The van der Waals surface area contributed by atoms with E-state index in [0.29, 0.717) is 6.42 Å². The average molecular weight is 451 g/mol. The highest BCUT2D eigenvalue weighted by atomic mass is 127. The van der Waals surface area contributed by atoms with Gasteiger partial charge in [0.25, 0.3) is 0 Å². The monoisotopic (exact) mass is 451 g/mol. The highest BCUT2D eigenvalue weighted by Gasteiger charge is 2.29. The summed E-state index contributed by atoms with van der Waals surface area (Å²) >= 11 is 3.91. The Hall–Kier alpha value is -1.25. The van der Waals surface area contributed by atoms with Crippen LogP contribution in [0.2, 0.25) is 0 Å². The molecule has 1 saturated heterocycles. The highest BCUT2D eigenvalue weighted by Crippen LogP contribution is 2.29. The van der Waals surface area contributed by atoms with Crippen LogP contribution < -0.4 is 0 Å². The van der Waals surface area contributed by atoms with E-state index in [0.717, 1.165) is 38.8 Å². The number of halogens is 1. The molecule has 3 aromatic rings. The molecular formula is C18H18IN3OS. The van der Waals surface area contributed by atoms with Gasteiger partial charge in [-0.2, -0.15) is 16.4 Å². The maximum Gasteiger partial charge on any atom is 0.158 e. The molecule has 3 heterocycles. The van der Waals surface area contributed by atoms with Gasteiger partial charge in [0.2, 0.25) is 0 Å². The minimum atomic E-state index is -0.0992. The number of benzene rings is 1. The second-order valence-electron chi connectivity index (χ2n) is 6.23. The SMILES string of the molecule is O=C(Cc1ccc2n[nH]c(I)c2c1)C(c1ccsc1)N1CCCC1. The largest absolute Gasteiger partial charge is 0.297 e. The number of Topliss-reactive ketones (excluding diaryl/α,β-unsaturated/α-hetero) is 1. The minimum Gasteiger partial charge on any atom is -0.297 e. The topological polar surface area (TPSA) is 49.0 Å². The van der Waals surface area contributed by atoms with Gasteiger partial charge in [-0.15, -0.1) is 0 Å². The zero-order valence-electron chi connectivity index (χ0n) is 13.2. The first-order valence-corrected chi connectivity index (χ1v) is 10.2. The van der Waals surface area contributed by atoms with Crippen molar-refractivity contribution in [1.82, 2.24) is 15.1 Å².